The molecule has 3 rings (SSSR count). The smallest absolute Gasteiger partial charge is 0.272 e. The predicted octanol–water partition coefficient (Wildman–Crippen LogP) is 0.695. The number of carbonyl (C=O) groups excluding carboxylic acids is 1. The first-order chi connectivity index (χ1) is 8.66. The first kappa shape index (κ1) is 11.7. The quantitative estimate of drug-likeness (QED) is 0.795. The Hall–Kier alpha value is -1.36. The second kappa shape index (κ2) is 4.39. The minimum atomic E-state index is 0.148. The van der Waals surface area contributed by atoms with E-state index in [-0.39, 0.29) is 5.91 Å². The lowest BCUT2D eigenvalue weighted by Gasteiger charge is -2.27. The van der Waals surface area contributed by atoms with Crippen molar-refractivity contribution in [3.8, 4) is 0 Å². The summed E-state index contributed by atoms with van der Waals surface area (Å²) >= 11 is 0. The molecule has 2 atom stereocenters. The molecule has 2 aliphatic rings. The molecule has 1 aromatic rings. The summed E-state index contributed by atoms with van der Waals surface area (Å²) in [7, 11) is 1.85. The van der Waals surface area contributed by atoms with E-state index in [9.17, 15) is 4.79 Å². The molecule has 1 amide bonds. The van der Waals surface area contributed by atoms with E-state index in [1.165, 1.54) is 0 Å². The summed E-state index contributed by atoms with van der Waals surface area (Å²) in [5.41, 5.74) is 1.62. The molecular weight excluding hydrogens is 228 g/mol. The minimum absolute atomic E-state index is 0.148. The Balaban J connectivity index is 1.90. The molecule has 0 aliphatic carbocycles. The van der Waals surface area contributed by atoms with Crippen molar-refractivity contribution in [2.75, 3.05) is 13.1 Å². The highest BCUT2D eigenvalue weighted by molar-refractivity contribution is 5.93. The molecule has 2 unspecified atom stereocenters. The van der Waals surface area contributed by atoms with Gasteiger partial charge in [0.05, 0.1) is 5.69 Å². The zero-order chi connectivity index (χ0) is 12.7. The highest BCUT2D eigenvalue weighted by Gasteiger charge is 2.39. The number of nitrogens with zero attached hydrogens (tertiary/aromatic N) is 3. The van der Waals surface area contributed by atoms with E-state index < -0.39 is 0 Å². The molecule has 2 aliphatic heterocycles. The second-order valence-corrected chi connectivity index (χ2v) is 5.38. The third-order valence-electron chi connectivity index (χ3n) is 4.11. The van der Waals surface area contributed by atoms with Crippen LogP contribution in [0.4, 0.5) is 0 Å². The zero-order valence-corrected chi connectivity index (χ0v) is 11.0. The zero-order valence-electron chi connectivity index (χ0n) is 11.0. The van der Waals surface area contributed by atoms with Gasteiger partial charge in [0.15, 0.2) is 0 Å². The van der Waals surface area contributed by atoms with Gasteiger partial charge in [0.1, 0.15) is 5.69 Å². The molecule has 1 N–H and O–H groups in total. The summed E-state index contributed by atoms with van der Waals surface area (Å²) in [6, 6.07) is 2.66. The Morgan fingerprint density at radius 1 is 1.39 bits per heavy atom. The summed E-state index contributed by atoms with van der Waals surface area (Å²) in [6.45, 7) is 3.88. The highest BCUT2D eigenvalue weighted by Crippen LogP contribution is 2.29. The van der Waals surface area contributed by atoms with Crippen LogP contribution in [0.15, 0.2) is 6.07 Å². The van der Waals surface area contributed by atoms with Gasteiger partial charge in [0.2, 0.25) is 0 Å². The minimum Gasteiger partial charge on any atom is -0.330 e. The molecule has 0 spiro atoms. The summed E-state index contributed by atoms with van der Waals surface area (Å²) in [6.07, 6.45) is 3.34. The normalized spacial score (nSPS) is 27.3. The Morgan fingerprint density at radius 2 is 2.17 bits per heavy atom. The Morgan fingerprint density at radius 3 is 2.89 bits per heavy atom. The molecule has 0 radical (unpaired) electrons. The van der Waals surface area contributed by atoms with E-state index in [4.69, 9.17) is 0 Å². The first-order valence-electron chi connectivity index (χ1n) is 6.71. The Kier molecular flexibility index (Phi) is 2.86. The van der Waals surface area contributed by atoms with Crippen molar-refractivity contribution in [2.24, 2.45) is 7.05 Å². The van der Waals surface area contributed by atoms with Crippen LogP contribution in [-0.4, -0.2) is 45.8 Å². The van der Waals surface area contributed by atoms with E-state index in [1.54, 1.807) is 4.68 Å². The molecule has 5 heteroatoms. The number of aryl methyl sites for hydroxylation is 2. The molecule has 5 nitrogen and oxygen atoms in total. The number of rotatable bonds is 1. The lowest BCUT2D eigenvalue weighted by molar-refractivity contribution is 0.0669. The molecular formula is C13H20N4O. The van der Waals surface area contributed by atoms with Crippen molar-refractivity contribution in [3.05, 3.63) is 17.5 Å². The fourth-order valence-corrected chi connectivity index (χ4v) is 3.26. The number of carbonyl (C=O) groups is 1. The lowest BCUT2D eigenvalue weighted by Crippen LogP contribution is -2.43. The fraction of sp³-hybridized carbons (Fsp3) is 0.692. The average molecular weight is 248 g/mol. The maximum absolute atomic E-state index is 12.7. The van der Waals surface area contributed by atoms with Crippen LogP contribution in [0.5, 0.6) is 0 Å². The molecule has 0 saturated carbocycles. The van der Waals surface area contributed by atoms with Crippen LogP contribution >= 0.6 is 0 Å². The highest BCUT2D eigenvalue weighted by atomic mass is 16.2. The molecule has 1 aromatic heterocycles. The monoisotopic (exact) mass is 248 g/mol. The van der Waals surface area contributed by atoms with Crippen LogP contribution in [0.2, 0.25) is 0 Å². The number of aromatic nitrogens is 2. The maximum atomic E-state index is 12.7. The first-order valence-corrected chi connectivity index (χ1v) is 6.71. The largest absolute Gasteiger partial charge is 0.330 e. The van der Waals surface area contributed by atoms with E-state index >= 15 is 0 Å². The average Bonchev–Trinajstić information content (AvgIpc) is 2.76. The molecule has 2 bridgehead atoms. The third-order valence-corrected chi connectivity index (χ3v) is 4.11. The molecule has 2 saturated heterocycles. The maximum Gasteiger partial charge on any atom is 0.272 e. The van der Waals surface area contributed by atoms with Gasteiger partial charge in [0, 0.05) is 25.7 Å². The van der Waals surface area contributed by atoms with Crippen LogP contribution in [0.3, 0.4) is 0 Å². The summed E-state index contributed by atoms with van der Waals surface area (Å²) in [5.74, 6) is 0.148. The summed E-state index contributed by atoms with van der Waals surface area (Å²) in [4.78, 5) is 14.8. The van der Waals surface area contributed by atoms with Gasteiger partial charge in [-0.2, -0.15) is 5.10 Å². The number of hydrogen-bond donors (Lipinski definition) is 1. The van der Waals surface area contributed by atoms with Gasteiger partial charge in [-0.1, -0.05) is 0 Å². The molecule has 98 valence electrons. The molecule has 18 heavy (non-hydrogen) atoms. The topological polar surface area (TPSA) is 50.2 Å². The van der Waals surface area contributed by atoms with Gasteiger partial charge >= 0.3 is 0 Å². The van der Waals surface area contributed by atoms with Crippen LogP contribution in [-0.2, 0) is 7.05 Å². The lowest BCUT2D eigenvalue weighted by atomic mass is 10.1. The summed E-state index contributed by atoms with van der Waals surface area (Å²) in [5, 5.41) is 7.69. The van der Waals surface area contributed by atoms with E-state index in [0.29, 0.717) is 17.8 Å². The van der Waals surface area contributed by atoms with Gasteiger partial charge in [0.25, 0.3) is 5.91 Å². The third kappa shape index (κ3) is 1.82. The number of fused-ring (bicyclic) bond motifs is 2. The van der Waals surface area contributed by atoms with Crippen molar-refractivity contribution in [1.82, 2.24) is 20.0 Å². The van der Waals surface area contributed by atoms with Gasteiger partial charge in [-0.05, 0) is 38.8 Å². The van der Waals surface area contributed by atoms with Crippen molar-refractivity contribution in [2.45, 2.75) is 38.3 Å². The van der Waals surface area contributed by atoms with Crippen molar-refractivity contribution in [3.63, 3.8) is 0 Å². The number of nitrogens with one attached hydrogen (secondary N) is 1. The molecule has 3 heterocycles. The van der Waals surface area contributed by atoms with Crippen molar-refractivity contribution >= 4 is 5.91 Å². The number of hydrogen-bond acceptors (Lipinski definition) is 3. The molecule has 0 aromatic carbocycles. The number of amides is 1. The van der Waals surface area contributed by atoms with Crippen molar-refractivity contribution in [1.29, 1.82) is 0 Å². The summed E-state index contributed by atoms with van der Waals surface area (Å²) < 4.78 is 1.70. The second-order valence-electron chi connectivity index (χ2n) is 5.38. The Labute approximate surface area is 107 Å². The molecule has 2 fully saturated rings. The van der Waals surface area contributed by atoms with Crippen LogP contribution in [0.25, 0.3) is 0 Å². The van der Waals surface area contributed by atoms with E-state index in [2.05, 4.69) is 15.3 Å². The van der Waals surface area contributed by atoms with Crippen molar-refractivity contribution < 1.29 is 4.79 Å². The van der Waals surface area contributed by atoms with Gasteiger partial charge in [-0.25, -0.2) is 0 Å². The van der Waals surface area contributed by atoms with Gasteiger partial charge < -0.3 is 10.2 Å². The van der Waals surface area contributed by atoms with Gasteiger partial charge in [-0.3, -0.25) is 9.48 Å². The SMILES string of the molecule is Cc1cc(C(=O)N2C3CCNCC2CC3)n(C)n1. The van der Waals surface area contributed by atoms with Crippen LogP contribution in [0.1, 0.15) is 35.4 Å². The standard InChI is InChI=1S/C13H20N4O/c1-9-7-12(16(2)15-9)13(18)17-10-3-4-11(17)8-14-6-5-10/h7,10-11,14H,3-6,8H2,1-2H3. The fourth-order valence-electron chi connectivity index (χ4n) is 3.26. The predicted molar refractivity (Wildman–Crippen MR) is 68.4 cm³/mol. The van der Waals surface area contributed by atoms with E-state index in [0.717, 1.165) is 38.0 Å². The Bertz CT molecular complexity index is 454. The van der Waals surface area contributed by atoms with Crippen LogP contribution < -0.4 is 5.32 Å². The van der Waals surface area contributed by atoms with E-state index in [1.807, 2.05) is 20.0 Å². The van der Waals surface area contributed by atoms with Crippen LogP contribution in [0, 0.1) is 6.92 Å². The van der Waals surface area contributed by atoms with Gasteiger partial charge in [-0.15, -0.1) is 0 Å².